The zero-order valence-electron chi connectivity index (χ0n) is 19.0. The zero-order chi connectivity index (χ0) is 20.0. The molecule has 5 heteroatoms. The Morgan fingerprint density at radius 2 is 1.58 bits per heavy atom. The van der Waals surface area contributed by atoms with E-state index in [1.807, 2.05) is 0 Å². The summed E-state index contributed by atoms with van der Waals surface area (Å²) in [4.78, 5) is 5.15. The van der Waals surface area contributed by atoms with Gasteiger partial charge in [0.2, 0.25) is 0 Å². The quantitative estimate of drug-likeness (QED) is 0.611. The number of nitrogens with zero attached hydrogens (tertiary/aromatic N) is 3. The van der Waals surface area contributed by atoms with E-state index in [0.29, 0.717) is 20.1 Å². The summed E-state index contributed by atoms with van der Waals surface area (Å²) < 4.78 is 2.46. The van der Waals surface area contributed by atoms with Gasteiger partial charge in [0.1, 0.15) is 0 Å². The van der Waals surface area contributed by atoms with Gasteiger partial charge in [-0.15, -0.1) is 0 Å². The van der Waals surface area contributed by atoms with E-state index in [9.17, 15) is 0 Å². The number of hydrogen-bond donors (Lipinski definition) is 0. The molecule has 2 aliphatic heterocycles. The maximum absolute atomic E-state index is 2.63. The van der Waals surface area contributed by atoms with Gasteiger partial charge >= 0.3 is 6.98 Å². The Kier molecular flexibility index (Phi) is 5.95. The predicted octanol–water partition coefficient (Wildman–Crippen LogP) is 4.94. The first-order valence-corrected chi connectivity index (χ1v) is 10.3. The van der Waals surface area contributed by atoms with Gasteiger partial charge in [-0.05, 0) is 36.7 Å². The molecule has 1 fully saturated rings. The summed E-state index contributed by atoms with van der Waals surface area (Å²) in [6, 6.07) is 7.14. The highest BCUT2D eigenvalue weighted by Crippen LogP contribution is 2.49. The number of hydrogen-bond acceptors (Lipinski definition) is 3. The summed E-state index contributed by atoms with van der Waals surface area (Å²) in [5.74, 6) is 0. The van der Waals surface area contributed by atoms with E-state index in [1.54, 1.807) is 0 Å². The first-order valence-electron chi connectivity index (χ1n) is 10.3. The number of rotatable bonds is 0. The standard InChI is InChI=1S/C18H31B2N3.C3H8/c1-17(2,3)13-10-11-14-15(12-13)23-16(18(14,4)5)21(8)19(6)22(9)20(23)7;1-3-2/h10-12,16H,1-9H3;3H2,1-2H3. The Morgan fingerprint density at radius 1 is 1.04 bits per heavy atom. The molecule has 0 bridgehead atoms. The third-order valence-corrected chi connectivity index (χ3v) is 6.30. The molecular formula is C21H39B2N3. The minimum Gasteiger partial charge on any atom is -0.386 e. The van der Waals surface area contributed by atoms with Crippen molar-refractivity contribution < 1.29 is 0 Å². The van der Waals surface area contributed by atoms with Crippen molar-refractivity contribution in [3.8, 4) is 0 Å². The molecule has 1 unspecified atom stereocenters. The minimum atomic E-state index is 0.129. The van der Waals surface area contributed by atoms with E-state index in [1.165, 1.54) is 23.2 Å². The van der Waals surface area contributed by atoms with Crippen molar-refractivity contribution in [1.82, 2.24) is 9.53 Å². The lowest BCUT2D eigenvalue weighted by molar-refractivity contribution is 0.258. The average Bonchev–Trinajstić information content (AvgIpc) is 2.78. The van der Waals surface area contributed by atoms with Gasteiger partial charge in [0, 0.05) is 11.1 Å². The molecule has 0 aliphatic carbocycles. The molecule has 3 nitrogen and oxygen atoms in total. The van der Waals surface area contributed by atoms with Crippen molar-refractivity contribution in [2.24, 2.45) is 0 Å². The Balaban J connectivity index is 0.000000758. The second-order valence-corrected chi connectivity index (χ2v) is 9.79. The second kappa shape index (κ2) is 7.24. The predicted molar refractivity (Wildman–Crippen MR) is 119 cm³/mol. The van der Waals surface area contributed by atoms with Crippen molar-refractivity contribution in [2.75, 3.05) is 18.9 Å². The highest BCUT2D eigenvalue weighted by molar-refractivity contribution is 6.74. The fourth-order valence-corrected chi connectivity index (χ4v) is 4.49. The minimum absolute atomic E-state index is 0.129. The van der Waals surface area contributed by atoms with Gasteiger partial charge in [0.15, 0.2) is 0 Å². The lowest BCUT2D eigenvalue weighted by Crippen LogP contribution is -2.73. The van der Waals surface area contributed by atoms with Crippen LogP contribution in [0.5, 0.6) is 0 Å². The molecule has 1 aromatic rings. The Morgan fingerprint density at radius 3 is 2.08 bits per heavy atom. The van der Waals surface area contributed by atoms with Crippen LogP contribution in [0.1, 0.15) is 66.0 Å². The normalized spacial score (nSPS) is 22.7. The highest BCUT2D eigenvalue weighted by Gasteiger charge is 2.55. The van der Waals surface area contributed by atoms with Crippen LogP contribution in [0.4, 0.5) is 5.69 Å². The van der Waals surface area contributed by atoms with Gasteiger partial charge in [-0.2, -0.15) is 0 Å². The molecule has 1 atom stereocenters. The number of likely N-dealkylation sites (N-methyl/N-ethyl adjacent to an activating group) is 1. The Labute approximate surface area is 163 Å². The van der Waals surface area contributed by atoms with Crippen LogP contribution < -0.4 is 4.81 Å². The van der Waals surface area contributed by atoms with Crippen LogP contribution >= 0.6 is 0 Å². The highest BCUT2D eigenvalue weighted by atomic mass is 15.4. The lowest BCUT2D eigenvalue weighted by Gasteiger charge is -2.53. The largest absolute Gasteiger partial charge is 0.386 e. The Hall–Kier alpha value is -0.930. The fraction of sp³-hybridized carbons (Fsp3) is 0.714. The van der Waals surface area contributed by atoms with Gasteiger partial charge < -0.3 is 14.3 Å². The molecule has 0 amide bonds. The molecule has 144 valence electrons. The molecule has 0 saturated carbocycles. The SMILES string of the molecule is CB1N(C)B(C)N2c3cc(C(C)(C)C)ccc3C(C)(C)C2N1C.CCC. The monoisotopic (exact) mass is 355 g/mol. The van der Waals surface area contributed by atoms with Gasteiger partial charge in [0.05, 0.1) is 6.17 Å². The van der Waals surface area contributed by atoms with Gasteiger partial charge in [-0.1, -0.05) is 80.7 Å². The summed E-state index contributed by atoms with van der Waals surface area (Å²) in [7, 11) is 4.50. The van der Waals surface area contributed by atoms with Crippen molar-refractivity contribution in [3.63, 3.8) is 0 Å². The molecule has 1 saturated heterocycles. The molecule has 0 N–H and O–H groups in total. The molecule has 26 heavy (non-hydrogen) atoms. The maximum atomic E-state index is 2.63. The zero-order valence-corrected chi connectivity index (χ0v) is 19.0. The molecule has 2 aliphatic rings. The van der Waals surface area contributed by atoms with E-state index in [2.05, 4.69) is 109 Å². The first-order chi connectivity index (χ1) is 11.9. The Bertz CT molecular complexity index is 639. The van der Waals surface area contributed by atoms with Crippen molar-refractivity contribution in [2.45, 2.75) is 85.5 Å². The van der Waals surface area contributed by atoms with Crippen molar-refractivity contribution in [1.29, 1.82) is 0 Å². The molecule has 2 heterocycles. The van der Waals surface area contributed by atoms with Crippen LogP contribution in [-0.4, -0.2) is 43.8 Å². The second-order valence-electron chi connectivity index (χ2n) is 9.79. The van der Waals surface area contributed by atoms with Crippen LogP contribution in [0.3, 0.4) is 0 Å². The lowest BCUT2D eigenvalue weighted by atomic mass is 9.56. The summed E-state index contributed by atoms with van der Waals surface area (Å²) in [5.41, 5.74) is 4.64. The summed E-state index contributed by atoms with van der Waals surface area (Å²) >= 11 is 0. The summed E-state index contributed by atoms with van der Waals surface area (Å²) in [6.07, 6.45) is 1.66. The molecule has 0 radical (unpaired) electrons. The van der Waals surface area contributed by atoms with Crippen LogP contribution in [-0.2, 0) is 10.8 Å². The van der Waals surface area contributed by atoms with Gasteiger partial charge in [0.25, 0.3) is 6.98 Å². The van der Waals surface area contributed by atoms with Crippen LogP contribution in [0.15, 0.2) is 18.2 Å². The van der Waals surface area contributed by atoms with E-state index >= 15 is 0 Å². The summed E-state index contributed by atoms with van der Waals surface area (Å²) in [6.45, 7) is 21.4. The smallest absolute Gasteiger partial charge is 0.330 e. The maximum Gasteiger partial charge on any atom is 0.330 e. The van der Waals surface area contributed by atoms with Crippen LogP contribution in [0, 0.1) is 0 Å². The van der Waals surface area contributed by atoms with E-state index in [0.717, 1.165) is 0 Å². The first kappa shape index (κ1) is 21.4. The van der Waals surface area contributed by atoms with Crippen LogP contribution in [0.2, 0.25) is 13.6 Å². The fourth-order valence-electron chi connectivity index (χ4n) is 4.49. The average molecular weight is 355 g/mol. The van der Waals surface area contributed by atoms with E-state index in [-0.39, 0.29) is 10.8 Å². The topological polar surface area (TPSA) is 9.72 Å². The van der Waals surface area contributed by atoms with Gasteiger partial charge in [-0.3, -0.25) is 0 Å². The number of benzene rings is 1. The number of fused-ring (bicyclic) bond motifs is 3. The molecule has 1 aromatic carbocycles. The van der Waals surface area contributed by atoms with E-state index in [4.69, 9.17) is 0 Å². The molecule has 3 rings (SSSR count). The van der Waals surface area contributed by atoms with Crippen molar-refractivity contribution in [3.05, 3.63) is 29.3 Å². The van der Waals surface area contributed by atoms with E-state index < -0.39 is 0 Å². The molecule has 0 spiro atoms. The van der Waals surface area contributed by atoms with Crippen molar-refractivity contribution >= 4 is 19.7 Å². The van der Waals surface area contributed by atoms with Gasteiger partial charge in [-0.25, -0.2) is 0 Å². The molecule has 0 aromatic heterocycles. The third-order valence-electron chi connectivity index (χ3n) is 6.30. The molecular weight excluding hydrogens is 316 g/mol. The summed E-state index contributed by atoms with van der Waals surface area (Å²) in [5, 5.41) is 0. The number of anilines is 1. The third kappa shape index (κ3) is 3.33. The van der Waals surface area contributed by atoms with Crippen LogP contribution in [0.25, 0.3) is 0 Å².